The highest BCUT2D eigenvalue weighted by Gasteiger charge is 2.25. The van der Waals surface area contributed by atoms with Crippen molar-refractivity contribution < 1.29 is 9.53 Å². The summed E-state index contributed by atoms with van der Waals surface area (Å²) in [6.07, 6.45) is 3.07. The molecular formula is C18H30N4O2. The monoisotopic (exact) mass is 334 g/mol. The minimum atomic E-state index is -0.463. The van der Waals surface area contributed by atoms with Gasteiger partial charge in [-0.25, -0.2) is 14.8 Å². The first kappa shape index (κ1) is 18.5. The summed E-state index contributed by atoms with van der Waals surface area (Å²) in [6.45, 7) is 13.8. The van der Waals surface area contributed by atoms with Gasteiger partial charge in [-0.05, 0) is 33.6 Å². The van der Waals surface area contributed by atoms with Crippen LogP contribution in [0.25, 0.3) is 0 Å². The van der Waals surface area contributed by atoms with E-state index in [2.05, 4.69) is 47.0 Å². The Labute approximate surface area is 145 Å². The second-order valence-electron chi connectivity index (χ2n) is 8.42. The average molecular weight is 334 g/mol. The Morgan fingerprint density at radius 1 is 1.17 bits per heavy atom. The van der Waals surface area contributed by atoms with Crippen molar-refractivity contribution in [1.29, 1.82) is 0 Å². The maximum Gasteiger partial charge on any atom is 0.407 e. The molecule has 0 bridgehead atoms. The lowest BCUT2D eigenvalue weighted by Crippen LogP contribution is -2.46. The number of amides is 1. The van der Waals surface area contributed by atoms with Crippen molar-refractivity contribution in [3.8, 4) is 0 Å². The summed E-state index contributed by atoms with van der Waals surface area (Å²) in [5, 5.41) is 2.96. The molecule has 2 rings (SSSR count). The van der Waals surface area contributed by atoms with Crippen molar-refractivity contribution in [1.82, 2.24) is 15.3 Å². The van der Waals surface area contributed by atoms with Crippen LogP contribution in [0.3, 0.4) is 0 Å². The number of carbonyl (C=O) groups is 1. The third-order valence-electron chi connectivity index (χ3n) is 3.96. The number of ether oxygens (including phenoxy) is 1. The molecule has 1 amide bonds. The molecule has 0 atom stereocenters. The number of piperidine rings is 1. The number of aromatic nitrogens is 2. The summed E-state index contributed by atoms with van der Waals surface area (Å²) in [6, 6.07) is 2.22. The van der Waals surface area contributed by atoms with Crippen LogP contribution in [0.4, 0.5) is 10.6 Å². The van der Waals surface area contributed by atoms with Gasteiger partial charge in [-0.3, -0.25) is 0 Å². The Bertz CT molecular complexity index is 567. The maximum absolute atomic E-state index is 11.9. The van der Waals surface area contributed by atoms with E-state index in [1.807, 2.05) is 20.8 Å². The van der Waals surface area contributed by atoms with E-state index in [4.69, 9.17) is 4.74 Å². The molecular weight excluding hydrogens is 304 g/mol. The highest BCUT2D eigenvalue weighted by atomic mass is 16.6. The highest BCUT2D eigenvalue weighted by molar-refractivity contribution is 5.68. The van der Waals surface area contributed by atoms with Gasteiger partial charge in [0.05, 0.1) is 5.69 Å². The van der Waals surface area contributed by atoms with E-state index in [9.17, 15) is 4.79 Å². The van der Waals surface area contributed by atoms with Crippen molar-refractivity contribution in [3.05, 3.63) is 18.1 Å². The zero-order valence-corrected chi connectivity index (χ0v) is 15.7. The summed E-state index contributed by atoms with van der Waals surface area (Å²) < 4.78 is 5.32. The normalized spacial score (nSPS) is 16.8. The summed E-state index contributed by atoms with van der Waals surface area (Å²) in [5.74, 6) is 0.964. The Hall–Kier alpha value is -1.85. The van der Waals surface area contributed by atoms with Crippen molar-refractivity contribution in [3.63, 3.8) is 0 Å². The second kappa shape index (κ2) is 6.95. The van der Waals surface area contributed by atoms with Crippen LogP contribution in [0.2, 0.25) is 0 Å². The molecule has 6 heteroatoms. The molecule has 0 unspecified atom stereocenters. The van der Waals surface area contributed by atoms with Gasteiger partial charge in [0.2, 0.25) is 0 Å². The van der Waals surface area contributed by atoms with Crippen molar-refractivity contribution >= 4 is 11.9 Å². The fourth-order valence-corrected chi connectivity index (χ4v) is 2.66. The van der Waals surface area contributed by atoms with E-state index in [-0.39, 0.29) is 17.6 Å². The van der Waals surface area contributed by atoms with Crippen LogP contribution in [0, 0.1) is 0 Å². The number of alkyl carbamates (subject to hydrolysis) is 1. The van der Waals surface area contributed by atoms with Crippen LogP contribution in [0.15, 0.2) is 12.4 Å². The molecule has 1 aromatic heterocycles. The molecule has 0 aromatic carbocycles. The van der Waals surface area contributed by atoms with E-state index in [1.165, 1.54) is 0 Å². The molecule has 0 spiro atoms. The third-order valence-corrected chi connectivity index (χ3v) is 3.96. The summed E-state index contributed by atoms with van der Waals surface area (Å²) >= 11 is 0. The van der Waals surface area contributed by atoms with Gasteiger partial charge in [-0.1, -0.05) is 20.8 Å². The molecule has 1 aliphatic heterocycles. The van der Waals surface area contributed by atoms with Crippen LogP contribution in [0.1, 0.15) is 60.1 Å². The molecule has 0 saturated carbocycles. The number of nitrogens with zero attached hydrogens (tertiary/aromatic N) is 3. The summed E-state index contributed by atoms with van der Waals surface area (Å²) in [4.78, 5) is 22.9. The van der Waals surface area contributed by atoms with Crippen LogP contribution < -0.4 is 10.2 Å². The molecule has 1 fully saturated rings. The standard InChI is InChI=1S/C18H30N4O2/c1-17(2,3)14-11-15(20-12-19-14)22-9-7-13(8-10-22)21-16(23)24-18(4,5)6/h11-13H,7-10H2,1-6H3,(H,21,23). The van der Waals surface area contributed by atoms with Crippen molar-refractivity contribution in [2.24, 2.45) is 0 Å². The number of hydrogen-bond acceptors (Lipinski definition) is 5. The van der Waals surface area contributed by atoms with Gasteiger partial charge < -0.3 is 15.0 Å². The Morgan fingerprint density at radius 3 is 2.33 bits per heavy atom. The van der Waals surface area contributed by atoms with Gasteiger partial charge >= 0.3 is 6.09 Å². The minimum absolute atomic E-state index is 0.00822. The quantitative estimate of drug-likeness (QED) is 0.899. The first-order valence-electron chi connectivity index (χ1n) is 8.61. The third kappa shape index (κ3) is 5.35. The smallest absolute Gasteiger partial charge is 0.407 e. The molecule has 0 aliphatic carbocycles. The lowest BCUT2D eigenvalue weighted by molar-refractivity contribution is 0.0497. The maximum atomic E-state index is 11.9. The second-order valence-corrected chi connectivity index (χ2v) is 8.42. The molecule has 134 valence electrons. The number of anilines is 1. The first-order valence-corrected chi connectivity index (χ1v) is 8.61. The average Bonchev–Trinajstić information content (AvgIpc) is 2.45. The SMILES string of the molecule is CC(C)(C)OC(=O)NC1CCN(c2cc(C(C)(C)C)ncn2)CC1. The van der Waals surface area contributed by atoms with Crippen LogP contribution in [-0.4, -0.2) is 40.8 Å². The molecule has 2 heterocycles. The molecule has 24 heavy (non-hydrogen) atoms. The molecule has 1 saturated heterocycles. The van der Waals surface area contributed by atoms with E-state index in [0.717, 1.165) is 37.4 Å². The van der Waals surface area contributed by atoms with E-state index < -0.39 is 5.60 Å². The lowest BCUT2D eigenvalue weighted by atomic mass is 9.92. The number of nitrogens with one attached hydrogen (secondary N) is 1. The van der Waals surface area contributed by atoms with Gasteiger partial charge in [0.1, 0.15) is 17.7 Å². The minimum Gasteiger partial charge on any atom is -0.444 e. The fraction of sp³-hybridized carbons (Fsp3) is 0.722. The largest absolute Gasteiger partial charge is 0.444 e. The summed E-state index contributed by atoms with van der Waals surface area (Å²) in [5.41, 5.74) is 0.588. The molecule has 1 N–H and O–H groups in total. The Kier molecular flexibility index (Phi) is 5.35. The van der Waals surface area contributed by atoms with Gasteiger partial charge in [-0.2, -0.15) is 0 Å². The molecule has 0 radical (unpaired) electrons. The fourth-order valence-electron chi connectivity index (χ4n) is 2.66. The van der Waals surface area contributed by atoms with Gasteiger partial charge in [0, 0.05) is 30.6 Å². The van der Waals surface area contributed by atoms with E-state index >= 15 is 0 Å². The van der Waals surface area contributed by atoms with E-state index in [1.54, 1.807) is 6.33 Å². The van der Waals surface area contributed by atoms with Crippen LogP contribution in [0.5, 0.6) is 0 Å². The zero-order chi connectivity index (χ0) is 18.0. The highest BCUT2D eigenvalue weighted by Crippen LogP contribution is 2.24. The Morgan fingerprint density at radius 2 is 1.79 bits per heavy atom. The number of carbonyl (C=O) groups excluding carboxylic acids is 1. The zero-order valence-electron chi connectivity index (χ0n) is 15.7. The van der Waals surface area contributed by atoms with Crippen molar-refractivity contribution in [2.45, 2.75) is 71.4 Å². The number of rotatable bonds is 2. The Balaban J connectivity index is 1.90. The predicted molar refractivity (Wildman–Crippen MR) is 95.3 cm³/mol. The van der Waals surface area contributed by atoms with Crippen LogP contribution >= 0.6 is 0 Å². The number of hydrogen-bond donors (Lipinski definition) is 1. The summed E-state index contributed by atoms with van der Waals surface area (Å²) in [7, 11) is 0. The molecule has 6 nitrogen and oxygen atoms in total. The molecule has 1 aliphatic rings. The van der Waals surface area contributed by atoms with Gasteiger partial charge in [0.15, 0.2) is 0 Å². The van der Waals surface area contributed by atoms with Gasteiger partial charge in [-0.15, -0.1) is 0 Å². The lowest BCUT2D eigenvalue weighted by Gasteiger charge is -2.34. The topological polar surface area (TPSA) is 67.3 Å². The van der Waals surface area contributed by atoms with E-state index in [0.29, 0.717) is 0 Å². The van der Waals surface area contributed by atoms with Crippen LogP contribution in [-0.2, 0) is 10.2 Å². The first-order chi connectivity index (χ1) is 11.0. The predicted octanol–water partition coefficient (Wildman–Crippen LogP) is 3.27. The van der Waals surface area contributed by atoms with Crippen molar-refractivity contribution in [2.75, 3.05) is 18.0 Å². The molecule has 1 aromatic rings. The van der Waals surface area contributed by atoms with Gasteiger partial charge in [0.25, 0.3) is 0 Å².